The fraction of sp³-hybridized carbons (Fsp3) is 0. The zero-order valence-corrected chi connectivity index (χ0v) is 8.68. The van der Waals surface area contributed by atoms with Gasteiger partial charge in [-0.1, -0.05) is 11.3 Å². The zero-order valence-electron chi connectivity index (χ0n) is 5.70. The van der Waals surface area contributed by atoms with Crippen LogP contribution in [0.4, 0.5) is 0 Å². The molecule has 0 unspecified atom stereocenters. The SMILES string of the molecule is O=c1oc2cc(I)c(O)cc2s1. The lowest BCUT2D eigenvalue weighted by atomic mass is 10.3. The minimum Gasteiger partial charge on any atom is -0.507 e. The van der Waals surface area contributed by atoms with Crippen molar-refractivity contribution in [3.8, 4) is 5.75 Å². The smallest absolute Gasteiger partial charge is 0.396 e. The molecule has 1 aromatic heterocycles. The van der Waals surface area contributed by atoms with Crippen LogP contribution >= 0.6 is 33.9 Å². The molecule has 1 heterocycles. The molecule has 0 radical (unpaired) electrons. The molecule has 2 aromatic rings. The first-order valence-electron chi connectivity index (χ1n) is 3.09. The number of benzene rings is 1. The Morgan fingerprint density at radius 1 is 1.50 bits per heavy atom. The third kappa shape index (κ3) is 1.22. The van der Waals surface area contributed by atoms with Crippen LogP contribution in [-0.2, 0) is 0 Å². The van der Waals surface area contributed by atoms with Gasteiger partial charge < -0.3 is 9.52 Å². The summed E-state index contributed by atoms with van der Waals surface area (Å²) in [7, 11) is 0. The number of fused-ring (bicyclic) bond motifs is 1. The van der Waals surface area contributed by atoms with Crippen LogP contribution in [0.2, 0.25) is 0 Å². The van der Waals surface area contributed by atoms with Crippen molar-refractivity contribution >= 4 is 44.2 Å². The second-order valence-corrected chi connectivity index (χ2v) is 4.34. The van der Waals surface area contributed by atoms with E-state index in [1.54, 1.807) is 6.07 Å². The molecule has 0 saturated carbocycles. The number of aromatic hydroxyl groups is 1. The standard InChI is InChI=1S/C7H3IO3S/c8-3-1-5-6(2-4(3)9)12-7(10)11-5/h1-2,9H. The summed E-state index contributed by atoms with van der Waals surface area (Å²) in [4.78, 5) is 10.4. The largest absolute Gasteiger partial charge is 0.507 e. The van der Waals surface area contributed by atoms with Gasteiger partial charge in [-0.25, -0.2) is 4.79 Å². The first kappa shape index (κ1) is 8.06. The van der Waals surface area contributed by atoms with Gasteiger partial charge >= 0.3 is 4.94 Å². The van der Waals surface area contributed by atoms with Crippen LogP contribution in [0.15, 0.2) is 21.3 Å². The zero-order chi connectivity index (χ0) is 8.72. The van der Waals surface area contributed by atoms with E-state index < -0.39 is 0 Å². The summed E-state index contributed by atoms with van der Waals surface area (Å²) in [6.45, 7) is 0. The third-order valence-electron chi connectivity index (χ3n) is 1.40. The molecule has 0 aliphatic rings. The maximum atomic E-state index is 10.8. The normalized spacial score (nSPS) is 10.8. The number of phenols is 1. The summed E-state index contributed by atoms with van der Waals surface area (Å²) < 4.78 is 6.21. The van der Waals surface area contributed by atoms with Crippen molar-refractivity contribution in [2.24, 2.45) is 0 Å². The Morgan fingerprint density at radius 2 is 2.25 bits per heavy atom. The van der Waals surface area contributed by atoms with E-state index in [1.807, 2.05) is 22.6 Å². The number of rotatable bonds is 0. The van der Waals surface area contributed by atoms with Crippen LogP contribution in [0.1, 0.15) is 0 Å². The Labute approximate surface area is 84.8 Å². The molecule has 12 heavy (non-hydrogen) atoms. The molecule has 0 amide bonds. The van der Waals surface area contributed by atoms with Crippen molar-refractivity contribution in [1.82, 2.24) is 0 Å². The van der Waals surface area contributed by atoms with Gasteiger partial charge in [0, 0.05) is 6.07 Å². The highest BCUT2D eigenvalue weighted by Crippen LogP contribution is 2.27. The first-order valence-corrected chi connectivity index (χ1v) is 4.98. The molecule has 2 rings (SSSR count). The van der Waals surface area contributed by atoms with Gasteiger partial charge in [0.2, 0.25) is 0 Å². The molecule has 0 saturated heterocycles. The summed E-state index contributed by atoms with van der Waals surface area (Å²) in [6, 6.07) is 3.18. The predicted molar refractivity (Wildman–Crippen MR) is 54.7 cm³/mol. The van der Waals surface area contributed by atoms with Crippen molar-refractivity contribution in [2.45, 2.75) is 0 Å². The maximum Gasteiger partial charge on any atom is 0.396 e. The highest BCUT2D eigenvalue weighted by molar-refractivity contribution is 14.1. The minimum absolute atomic E-state index is 0.181. The fourth-order valence-electron chi connectivity index (χ4n) is 0.884. The van der Waals surface area contributed by atoms with Gasteiger partial charge in [0.1, 0.15) is 5.75 Å². The van der Waals surface area contributed by atoms with Crippen LogP contribution in [0, 0.1) is 3.57 Å². The third-order valence-corrected chi connectivity index (χ3v) is 3.05. The van der Waals surface area contributed by atoms with E-state index in [0.717, 1.165) is 11.3 Å². The maximum absolute atomic E-state index is 10.8. The Bertz CT molecular complexity index is 443. The van der Waals surface area contributed by atoms with Crippen molar-refractivity contribution < 1.29 is 9.52 Å². The van der Waals surface area contributed by atoms with Crippen molar-refractivity contribution in [2.75, 3.05) is 0 Å². The van der Waals surface area contributed by atoms with Gasteiger partial charge in [-0.05, 0) is 28.7 Å². The van der Waals surface area contributed by atoms with E-state index in [-0.39, 0.29) is 10.7 Å². The molecular formula is C7H3IO3S. The quantitative estimate of drug-likeness (QED) is 0.758. The molecule has 1 aromatic carbocycles. The second-order valence-electron chi connectivity index (χ2n) is 2.20. The molecule has 0 fully saturated rings. The van der Waals surface area contributed by atoms with Gasteiger partial charge in [0.15, 0.2) is 5.58 Å². The molecule has 0 aliphatic carbocycles. The van der Waals surface area contributed by atoms with E-state index >= 15 is 0 Å². The number of hydrogen-bond donors (Lipinski definition) is 1. The number of phenolic OH excluding ortho intramolecular Hbond substituents is 1. The Morgan fingerprint density at radius 3 is 3.00 bits per heavy atom. The summed E-state index contributed by atoms with van der Waals surface area (Å²) in [5.41, 5.74) is 0.534. The van der Waals surface area contributed by atoms with Gasteiger partial charge in [-0.2, -0.15) is 0 Å². The molecule has 62 valence electrons. The van der Waals surface area contributed by atoms with Crippen molar-refractivity contribution in [3.63, 3.8) is 0 Å². The van der Waals surface area contributed by atoms with Crippen molar-refractivity contribution in [1.29, 1.82) is 0 Å². The molecule has 0 atom stereocenters. The molecule has 0 spiro atoms. The lowest BCUT2D eigenvalue weighted by Gasteiger charge is -1.93. The summed E-state index contributed by atoms with van der Waals surface area (Å²) in [5.74, 6) is 0.181. The highest BCUT2D eigenvalue weighted by atomic mass is 127. The average Bonchev–Trinajstić information content (AvgIpc) is 2.30. The van der Waals surface area contributed by atoms with Crippen molar-refractivity contribution in [3.05, 3.63) is 25.4 Å². The van der Waals surface area contributed by atoms with Gasteiger partial charge in [0.05, 0.1) is 8.27 Å². The van der Waals surface area contributed by atoms with E-state index in [1.165, 1.54) is 6.07 Å². The molecule has 5 heteroatoms. The van der Waals surface area contributed by atoms with E-state index in [2.05, 4.69) is 0 Å². The van der Waals surface area contributed by atoms with E-state index in [4.69, 9.17) is 4.42 Å². The fourth-order valence-corrected chi connectivity index (χ4v) is 2.01. The second kappa shape index (κ2) is 2.74. The molecule has 0 aliphatic heterocycles. The summed E-state index contributed by atoms with van der Waals surface area (Å²) in [6.07, 6.45) is 0. The van der Waals surface area contributed by atoms with E-state index in [0.29, 0.717) is 13.9 Å². The molecular weight excluding hydrogens is 291 g/mol. The van der Waals surface area contributed by atoms with Gasteiger partial charge in [-0.3, -0.25) is 0 Å². The molecule has 0 bridgehead atoms. The molecule has 1 N–H and O–H groups in total. The van der Waals surface area contributed by atoms with Crippen LogP contribution < -0.4 is 4.94 Å². The Hall–Kier alpha value is -0.560. The number of halogens is 1. The Kier molecular flexibility index (Phi) is 1.84. The summed E-state index contributed by atoms with van der Waals surface area (Å²) >= 11 is 2.96. The minimum atomic E-state index is -0.341. The van der Waals surface area contributed by atoms with Crippen LogP contribution in [-0.4, -0.2) is 5.11 Å². The lowest BCUT2D eigenvalue weighted by Crippen LogP contribution is -1.79. The lowest BCUT2D eigenvalue weighted by molar-refractivity contribution is 0.472. The molecule has 3 nitrogen and oxygen atoms in total. The first-order chi connectivity index (χ1) is 5.66. The summed E-state index contributed by atoms with van der Waals surface area (Å²) in [5, 5.41) is 9.28. The monoisotopic (exact) mass is 294 g/mol. The topological polar surface area (TPSA) is 50.4 Å². The van der Waals surface area contributed by atoms with Crippen LogP contribution in [0.5, 0.6) is 5.75 Å². The highest BCUT2D eigenvalue weighted by Gasteiger charge is 2.05. The number of hydrogen-bond acceptors (Lipinski definition) is 4. The average molecular weight is 294 g/mol. The Balaban J connectivity index is 2.92. The van der Waals surface area contributed by atoms with Crippen LogP contribution in [0.3, 0.4) is 0 Å². The predicted octanol–water partition coefficient (Wildman–Crippen LogP) is 2.16. The van der Waals surface area contributed by atoms with Gasteiger partial charge in [0.25, 0.3) is 0 Å². The van der Waals surface area contributed by atoms with Crippen LogP contribution in [0.25, 0.3) is 10.3 Å². The van der Waals surface area contributed by atoms with Gasteiger partial charge in [-0.15, -0.1) is 0 Å². The van der Waals surface area contributed by atoms with E-state index in [9.17, 15) is 9.90 Å².